The summed E-state index contributed by atoms with van der Waals surface area (Å²) in [5, 5.41) is 15.0. The summed E-state index contributed by atoms with van der Waals surface area (Å²) in [5.74, 6) is -1.86. The van der Waals surface area contributed by atoms with Crippen molar-refractivity contribution in [2.24, 2.45) is 0 Å². The molecule has 0 bridgehead atoms. The number of likely N-dealkylation sites (N-methyl/N-ethyl adjacent to an activating group) is 1. The second kappa shape index (κ2) is 11.8. The summed E-state index contributed by atoms with van der Waals surface area (Å²) < 4.78 is 28.7. The highest BCUT2D eigenvalue weighted by Gasteiger charge is 2.35. The molecule has 0 aliphatic carbocycles. The van der Waals surface area contributed by atoms with Gasteiger partial charge in [-0.3, -0.25) is 4.79 Å². The molecule has 1 atom stereocenters. The minimum absolute atomic E-state index is 0.142. The van der Waals surface area contributed by atoms with Gasteiger partial charge in [0.2, 0.25) is 0 Å². The Hall–Kier alpha value is -4.31. The first-order valence-electron chi connectivity index (χ1n) is 14.4. The number of carboxylic acids is 1. The van der Waals surface area contributed by atoms with Gasteiger partial charge in [0.25, 0.3) is 5.91 Å². The lowest BCUT2D eigenvalue weighted by atomic mass is 9.91. The van der Waals surface area contributed by atoms with Gasteiger partial charge in [0, 0.05) is 42.0 Å². The molecule has 1 N–H and O–H groups in total. The number of carboxylic acid groups (broad SMARTS) is 1. The summed E-state index contributed by atoms with van der Waals surface area (Å²) in [6, 6.07) is 12.8. The number of ether oxygens (including phenoxy) is 2. The predicted octanol–water partition coefficient (Wildman–Crippen LogP) is 5.73. The number of benzene rings is 2. The zero-order valence-corrected chi connectivity index (χ0v) is 25.4. The number of aryl methyl sites for hydroxylation is 1. The van der Waals surface area contributed by atoms with E-state index in [1.165, 1.54) is 10.6 Å². The van der Waals surface area contributed by atoms with Crippen LogP contribution >= 0.6 is 0 Å². The third-order valence-electron chi connectivity index (χ3n) is 7.62. The third kappa shape index (κ3) is 6.10. The van der Waals surface area contributed by atoms with Crippen LogP contribution in [0.25, 0.3) is 16.9 Å². The Labute approximate surface area is 250 Å². The minimum atomic E-state index is -1.43. The molecule has 0 spiro atoms. The summed E-state index contributed by atoms with van der Waals surface area (Å²) in [4.78, 5) is 32.5. The fraction of sp³-hybridized carbons (Fsp3) is 0.394. The van der Waals surface area contributed by atoms with E-state index < -0.39 is 23.5 Å². The molecule has 1 amide bonds. The highest BCUT2D eigenvalue weighted by Crippen LogP contribution is 2.41. The van der Waals surface area contributed by atoms with Crippen LogP contribution in [0.2, 0.25) is 0 Å². The smallest absolute Gasteiger partial charge is 0.337 e. The number of amides is 1. The van der Waals surface area contributed by atoms with Crippen LogP contribution in [-0.4, -0.2) is 62.3 Å². The average molecular weight is 589 g/mol. The summed E-state index contributed by atoms with van der Waals surface area (Å²) in [6.07, 6.45) is 0.585. The summed E-state index contributed by atoms with van der Waals surface area (Å²) in [7, 11) is 1.71. The Bertz CT molecular complexity index is 1690. The van der Waals surface area contributed by atoms with Crippen LogP contribution in [0.5, 0.6) is 5.75 Å². The highest BCUT2D eigenvalue weighted by molar-refractivity contribution is 5.93. The van der Waals surface area contributed by atoms with Crippen molar-refractivity contribution in [1.29, 1.82) is 0 Å². The summed E-state index contributed by atoms with van der Waals surface area (Å²) >= 11 is 0. The second-order valence-corrected chi connectivity index (χ2v) is 12.0. The molecule has 0 fully saturated rings. The van der Waals surface area contributed by atoms with Crippen LogP contribution < -0.4 is 4.74 Å². The Morgan fingerprint density at radius 3 is 2.58 bits per heavy atom. The van der Waals surface area contributed by atoms with E-state index >= 15 is 4.39 Å². The number of aliphatic carboxylic acids is 1. The van der Waals surface area contributed by atoms with Gasteiger partial charge in [0.1, 0.15) is 0 Å². The maximum absolute atomic E-state index is 15.5. The molecule has 0 radical (unpaired) electrons. The molecule has 43 heavy (non-hydrogen) atoms. The molecule has 1 aliphatic rings. The van der Waals surface area contributed by atoms with Gasteiger partial charge < -0.3 is 19.5 Å². The minimum Gasteiger partial charge on any atom is -0.490 e. The molecular weight excluding hydrogens is 551 g/mol. The van der Waals surface area contributed by atoms with E-state index in [1.54, 1.807) is 45.7 Å². The lowest BCUT2D eigenvalue weighted by Gasteiger charge is -2.28. The lowest BCUT2D eigenvalue weighted by molar-refractivity contribution is -0.160. The van der Waals surface area contributed by atoms with Crippen molar-refractivity contribution in [3.63, 3.8) is 0 Å². The van der Waals surface area contributed by atoms with E-state index in [9.17, 15) is 14.7 Å². The predicted molar refractivity (Wildman–Crippen MR) is 160 cm³/mol. The first-order chi connectivity index (χ1) is 20.4. The van der Waals surface area contributed by atoms with E-state index in [2.05, 4.69) is 10.1 Å². The van der Waals surface area contributed by atoms with Gasteiger partial charge in [-0.1, -0.05) is 30.3 Å². The Morgan fingerprint density at radius 2 is 1.91 bits per heavy atom. The van der Waals surface area contributed by atoms with Gasteiger partial charge in [-0.25, -0.2) is 18.7 Å². The molecule has 4 aromatic rings. The SMILES string of the molecule is Cc1nc2cc(C(=O)N(C)CCc3ccccc3)nn2c(-c2cc(F)c3c(c2C)CCCO3)c1[C@H](OC(C)(C)C)C(=O)O. The molecule has 10 heteroatoms. The molecule has 1 aliphatic heterocycles. The van der Waals surface area contributed by atoms with E-state index in [4.69, 9.17) is 9.47 Å². The van der Waals surface area contributed by atoms with Crippen molar-refractivity contribution in [3.05, 3.63) is 81.9 Å². The van der Waals surface area contributed by atoms with Crippen LogP contribution in [-0.2, 0) is 22.4 Å². The molecule has 2 aromatic carbocycles. The van der Waals surface area contributed by atoms with Crippen LogP contribution in [0.15, 0.2) is 42.5 Å². The largest absolute Gasteiger partial charge is 0.490 e. The van der Waals surface area contributed by atoms with Crippen molar-refractivity contribution in [1.82, 2.24) is 19.5 Å². The summed E-state index contributed by atoms with van der Waals surface area (Å²) in [5.41, 5.74) is 3.61. The molecule has 5 rings (SSSR count). The number of rotatable bonds is 8. The molecule has 3 heterocycles. The van der Waals surface area contributed by atoms with Crippen molar-refractivity contribution in [3.8, 4) is 17.0 Å². The second-order valence-electron chi connectivity index (χ2n) is 12.0. The first kappa shape index (κ1) is 30.2. The fourth-order valence-corrected chi connectivity index (χ4v) is 5.54. The van der Waals surface area contributed by atoms with Crippen molar-refractivity contribution < 1.29 is 28.6 Å². The third-order valence-corrected chi connectivity index (χ3v) is 7.62. The highest BCUT2D eigenvalue weighted by atomic mass is 19.1. The molecular formula is C33H37FN4O5. The first-order valence-corrected chi connectivity index (χ1v) is 14.4. The van der Waals surface area contributed by atoms with Gasteiger partial charge in [0.05, 0.1) is 17.9 Å². The Balaban J connectivity index is 1.69. The van der Waals surface area contributed by atoms with Crippen LogP contribution in [0.4, 0.5) is 4.39 Å². The van der Waals surface area contributed by atoms with E-state index in [0.717, 1.165) is 23.1 Å². The maximum atomic E-state index is 15.5. The number of halogens is 1. The van der Waals surface area contributed by atoms with E-state index in [-0.39, 0.29) is 22.9 Å². The van der Waals surface area contributed by atoms with E-state index in [1.807, 2.05) is 37.3 Å². The molecule has 0 unspecified atom stereocenters. The summed E-state index contributed by atoms with van der Waals surface area (Å²) in [6.45, 7) is 9.74. The quantitative estimate of drug-likeness (QED) is 0.280. The average Bonchev–Trinajstić information content (AvgIpc) is 3.39. The zero-order valence-electron chi connectivity index (χ0n) is 25.4. The van der Waals surface area contributed by atoms with Gasteiger partial charge >= 0.3 is 5.97 Å². The number of aromatic nitrogens is 3. The normalized spacial score (nSPS) is 13.8. The van der Waals surface area contributed by atoms with Gasteiger partial charge in [-0.2, -0.15) is 5.10 Å². The van der Waals surface area contributed by atoms with E-state index in [0.29, 0.717) is 48.6 Å². The maximum Gasteiger partial charge on any atom is 0.337 e. The fourth-order valence-electron chi connectivity index (χ4n) is 5.54. The molecule has 2 aromatic heterocycles. The van der Waals surface area contributed by atoms with Gasteiger partial charge in [-0.15, -0.1) is 0 Å². The van der Waals surface area contributed by atoms with Crippen LogP contribution in [0.1, 0.15) is 71.7 Å². The van der Waals surface area contributed by atoms with Crippen molar-refractivity contribution in [2.75, 3.05) is 20.2 Å². The Kier molecular flexibility index (Phi) is 8.25. The topological polar surface area (TPSA) is 106 Å². The number of hydrogen-bond acceptors (Lipinski definition) is 6. The van der Waals surface area contributed by atoms with Gasteiger partial charge in [0.15, 0.2) is 29.0 Å². The Morgan fingerprint density at radius 1 is 1.19 bits per heavy atom. The molecule has 9 nitrogen and oxygen atoms in total. The number of fused-ring (bicyclic) bond motifs is 2. The van der Waals surface area contributed by atoms with Crippen LogP contribution in [0, 0.1) is 19.7 Å². The van der Waals surface area contributed by atoms with Crippen molar-refractivity contribution in [2.45, 2.75) is 65.6 Å². The number of nitrogens with zero attached hydrogens (tertiary/aromatic N) is 4. The zero-order chi connectivity index (χ0) is 31.1. The standard InChI is InChI=1S/C33H37FN4O5/c1-19-22-13-10-16-42-29(22)24(34)17-23(19)28-27(30(32(40)41)43-33(3,4)5)20(2)35-26-18-25(36-38(26)28)31(39)37(6)15-14-21-11-8-7-9-12-21/h7-9,11-12,17-18,30H,10,13-16H2,1-6H3,(H,40,41)/t30-/m0/s1. The number of hydrogen-bond donors (Lipinski definition) is 1. The molecule has 226 valence electrons. The number of carbonyl (C=O) groups excluding carboxylic acids is 1. The van der Waals surface area contributed by atoms with Crippen LogP contribution in [0.3, 0.4) is 0 Å². The monoisotopic (exact) mass is 588 g/mol. The lowest BCUT2D eigenvalue weighted by Crippen LogP contribution is -2.29. The van der Waals surface area contributed by atoms with Gasteiger partial charge in [-0.05, 0) is 71.1 Å². The molecule has 0 saturated carbocycles. The van der Waals surface area contributed by atoms with Crippen molar-refractivity contribution >= 4 is 17.5 Å². The number of carbonyl (C=O) groups is 2. The molecule has 0 saturated heterocycles.